The largest absolute Gasteiger partial charge is 0.0843 e. The van der Waals surface area contributed by atoms with Gasteiger partial charge >= 0.3 is 0 Å². The average Bonchev–Trinajstić information content (AvgIpc) is 2.40. The third-order valence-corrected chi connectivity index (χ3v) is 3.24. The van der Waals surface area contributed by atoms with Crippen molar-refractivity contribution in [1.82, 2.24) is 0 Å². The van der Waals surface area contributed by atoms with Crippen molar-refractivity contribution in [3.63, 3.8) is 0 Å². The number of hydrogen-bond donors (Lipinski definition) is 0. The Hall–Kier alpha value is -1.53. The van der Waals surface area contributed by atoms with Crippen molar-refractivity contribution in [2.45, 2.75) is 19.8 Å². The van der Waals surface area contributed by atoms with E-state index < -0.39 is 0 Å². The van der Waals surface area contributed by atoms with Crippen LogP contribution in [0.4, 0.5) is 0 Å². The van der Waals surface area contributed by atoms with Gasteiger partial charge in [-0.2, -0.15) is 0 Å². The predicted molar refractivity (Wildman–Crippen MR) is 79.9 cm³/mol. The Labute approximate surface area is 114 Å². The van der Waals surface area contributed by atoms with Crippen molar-refractivity contribution in [2.24, 2.45) is 0 Å². The molecule has 0 atom stereocenters. The molecule has 1 heteroatoms. The zero-order valence-corrected chi connectivity index (χ0v) is 11.3. The van der Waals surface area contributed by atoms with Crippen LogP contribution in [0.3, 0.4) is 0 Å². The fourth-order valence-corrected chi connectivity index (χ4v) is 2.18. The van der Waals surface area contributed by atoms with Crippen molar-refractivity contribution in [2.75, 3.05) is 0 Å². The summed E-state index contributed by atoms with van der Waals surface area (Å²) in [6.07, 6.45) is 4.36. The zero-order valence-electron chi connectivity index (χ0n) is 10.6. The molecule has 0 nitrogen and oxygen atoms in total. The van der Waals surface area contributed by atoms with E-state index >= 15 is 0 Å². The van der Waals surface area contributed by atoms with Crippen molar-refractivity contribution in [1.29, 1.82) is 0 Å². The molecule has 0 saturated heterocycles. The van der Waals surface area contributed by atoms with Crippen molar-refractivity contribution in [3.05, 3.63) is 76.8 Å². The van der Waals surface area contributed by atoms with Crippen LogP contribution >= 0.6 is 11.6 Å². The monoisotopic (exact) mass is 256 g/mol. The third-order valence-electron chi connectivity index (χ3n) is 3.00. The lowest BCUT2D eigenvalue weighted by Gasteiger charge is -2.02. The Kier molecular flexibility index (Phi) is 4.60. The van der Waals surface area contributed by atoms with Gasteiger partial charge in [0.05, 0.1) is 0 Å². The molecule has 0 aliphatic carbocycles. The molecule has 2 aromatic rings. The molecular formula is C17H17Cl. The van der Waals surface area contributed by atoms with E-state index in [1.807, 2.05) is 24.3 Å². The first kappa shape index (κ1) is 12.9. The molecule has 0 heterocycles. The molecule has 18 heavy (non-hydrogen) atoms. The van der Waals surface area contributed by atoms with Crippen molar-refractivity contribution in [3.8, 4) is 0 Å². The zero-order chi connectivity index (χ0) is 12.8. The van der Waals surface area contributed by atoms with Crippen LogP contribution in [0.5, 0.6) is 0 Å². The smallest absolute Gasteiger partial charge is 0.0408 e. The van der Waals surface area contributed by atoms with Crippen LogP contribution in [0.15, 0.2) is 60.7 Å². The molecule has 0 spiro atoms. The quantitative estimate of drug-likeness (QED) is 0.689. The van der Waals surface area contributed by atoms with Crippen LogP contribution in [0.1, 0.15) is 24.5 Å². The first-order valence-corrected chi connectivity index (χ1v) is 6.60. The highest BCUT2D eigenvalue weighted by atomic mass is 35.5. The molecule has 0 radical (unpaired) electrons. The van der Waals surface area contributed by atoms with E-state index in [0.29, 0.717) is 0 Å². The van der Waals surface area contributed by atoms with Gasteiger partial charge in [-0.1, -0.05) is 60.1 Å². The highest BCUT2D eigenvalue weighted by molar-refractivity contribution is 6.30. The van der Waals surface area contributed by atoms with Crippen LogP contribution in [0.2, 0.25) is 5.02 Å². The summed E-state index contributed by atoms with van der Waals surface area (Å²) in [6.45, 7) is 2.16. The molecule has 0 aromatic heterocycles. The number of allylic oxidation sites excluding steroid dienone is 2. The van der Waals surface area contributed by atoms with Gasteiger partial charge in [-0.05, 0) is 48.6 Å². The number of hydrogen-bond acceptors (Lipinski definition) is 0. The molecule has 0 aliphatic heterocycles. The Morgan fingerprint density at radius 1 is 1.06 bits per heavy atom. The van der Waals surface area contributed by atoms with Gasteiger partial charge < -0.3 is 0 Å². The minimum Gasteiger partial charge on any atom is -0.0843 e. The van der Waals surface area contributed by atoms with E-state index in [0.717, 1.165) is 17.9 Å². The summed E-state index contributed by atoms with van der Waals surface area (Å²) < 4.78 is 0. The second kappa shape index (κ2) is 6.42. The summed E-state index contributed by atoms with van der Waals surface area (Å²) in [6, 6.07) is 18.6. The normalized spacial score (nSPS) is 11.6. The number of halogens is 1. The van der Waals surface area contributed by atoms with Crippen LogP contribution in [0, 0.1) is 0 Å². The number of aryl methyl sites for hydroxylation is 1. The van der Waals surface area contributed by atoms with E-state index in [2.05, 4.69) is 43.3 Å². The molecule has 0 fully saturated rings. The van der Waals surface area contributed by atoms with Crippen LogP contribution in [-0.4, -0.2) is 0 Å². The maximum atomic E-state index is 5.97. The first-order chi connectivity index (χ1) is 8.75. The van der Waals surface area contributed by atoms with Crippen LogP contribution in [-0.2, 0) is 6.42 Å². The Morgan fingerprint density at radius 3 is 2.56 bits per heavy atom. The lowest BCUT2D eigenvalue weighted by molar-refractivity contribution is 1.00. The Morgan fingerprint density at radius 2 is 1.83 bits per heavy atom. The maximum Gasteiger partial charge on any atom is 0.0408 e. The molecule has 0 unspecified atom stereocenters. The second-order valence-corrected chi connectivity index (χ2v) is 4.86. The summed E-state index contributed by atoms with van der Waals surface area (Å²) in [5, 5.41) is 0.816. The standard InChI is InChI=1S/C17H17Cl/c1-14(16-10-3-2-4-11-16)7-5-8-15-9-6-12-17(18)13-15/h2-4,6-7,9-13H,5,8H2,1H3/b14-7+. The Balaban J connectivity index is 1.96. The summed E-state index contributed by atoms with van der Waals surface area (Å²) in [5.74, 6) is 0. The van der Waals surface area contributed by atoms with Gasteiger partial charge in [-0.15, -0.1) is 0 Å². The predicted octanol–water partition coefficient (Wildman–Crippen LogP) is 5.38. The van der Waals surface area contributed by atoms with Gasteiger partial charge in [-0.25, -0.2) is 0 Å². The summed E-state index contributed by atoms with van der Waals surface area (Å²) >= 11 is 5.97. The van der Waals surface area contributed by atoms with E-state index in [-0.39, 0.29) is 0 Å². The van der Waals surface area contributed by atoms with Crippen LogP contribution in [0.25, 0.3) is 5.57 Å². The minimum absolute atomic E-state index is 0.816. The van der Waals surface area contributed by atoms with Gasteiger partial charge in [0.2, 0.25) is 0 Å². The third kappa shape index (κ3) is 3.75. The van der Waals surface area contributed by atoms with Crippen molar-refractivity contribution < 1.29 is 0 Å². The fourth-order valence-electron chi connectivity index (χ4n) is 1.97. The second-order valence-electron chi connectivity index (χ2n) is 4.42. The highest BCUT2D eigenvalue weighted by Crippen LogP contribution is 2.16. The van der Waals surface area contributed by atoms with E-state index in [4.69, 9.17) is 11.6 Å². The topological polar surface area (TPSA) is 0 Å². The molecular weight excluding hydrogens is 240 g/mol. The Bertz CT molecular complexity index is 526. The molecule has 0 amide bonds. The molecule has 92 valence electrons. The van der Waals surface area contributed by atoms with Gasteiger partial charge in [0, 0.05) is 5.02 Å². The lowest BCUT2D eigenvalue weighted by atomic mass is 10.0. The van der Waals surface area contributed by atoms with E-state index in [1.165, 1.54) is 16.7 Å². The summed E-state index contributed by atoms with van der Waals surface area (Å²) in [5.41, 5.74) is 3.92. The van der Waals surface area contributed by atoms with Crippen molar-refractivity contribution >= 4 is 17.2 Å². The fraction of sp³-hybridized carbons (Fsp3) is 0.176. The molecule has 2 aromatic carbocycles. The SMILES string of the molecule is C/C(=C\CCc1cccc(Cl)c1)c1ccccc1. The van der Waals surface area contributed by atoms with Gasteiger partial charge in [-0.3, -0.25) is 0 Å². The maximum absolute atomic E-state index is 5.97. The molecule has 0 aliphatic rings. The minimum atomic E-state index is 0.816. The summed E-state index contributed by atoms with van der Waals surface area (Å²) in [7, 11) is 0. The number of benzene rings is 2. The average molecular weight is 257 g/mol. The first-order valence-electron chi connectivity index (χ1n) is 6.22. The van der Waals surface area contributed by atoms with Gasteiger partial charge in [0.1, 0.15) is 0 Å². The molecule has 0 bridgehead atoms. The lowest BCUT2D eigenvalue weighted by Crippen LogP contribution is -1.84. The van der Waals surface area contributed by atoms with Crippen LogP contribution < -0.4 is 0 Å². The van der Waals surface area contributed by atoms with E-state index in [9.17, 15) is 0 Å². The van der Waals surface area contributed by atoms with Gasteiger partial charge in [0.15, 0.2) is 0 Å². The molecule has 0 N–H and O–H groups in total. The molecule has 0 saturated carbocycles. The summed E-state index contributed by atoms with van der Waals surface area (Å²) in [4.78, 5) is 0. The number of rotatable bonds is 4. The van der Waals surface area contributed by atoms with E-state index in [1.54, 1.807) is 0 Å². The molecule has 2 rings (SSSR count). The van der Waals surface area contributed by atoms with Gasteiger partial charge in [0.25, 0.3) is 0 Å². The highest BCUT2D eigenvalue weighted by Gasteiger charge is 1.95.